The number of hydrogen-bond acceptors (Lipinski definition) is 4. The van der Waals surface area contributed by atoms with Crippen molar-refractivity contribution in [3.05, 3.63) is 59.0 Å². The molecule has 0 fully saturated rings. The van der Waals surface area contributed by atoms with E-state index in [9.17, 15) is 13.6 Å². The van der Waals surface area contributed by atoms with Crippen molar-refractivity contribution in [1.82, 2.24) is 5.32 Å². The molecule has 1 aromatic heterocycles. The van der Waals surface area contributed by atoms with Crippen LogP contribution in [0.5, 0.6) is 11.5 Å². The predicted molar refractivity (Wildman–Crippen MR) is 92.6 cm³/mol. The third kappa shape index (κ3) is 4.06. The maximum Gasteiger partial charge on any atom is 0.387 e. The van der Waals surface area contributed by atoms with Crippen molar-refractivity contribution in [1.29, 1.82) is 0 Å². The van der Waals surface area contributed by atoms with Crippen LogP contribution in [0.1, 0.15) is 15.2 Å². The summed E-state index contributed by atoms with van der Waals surface area (Å²) >= 11 is 1.40. The molecule has 0 unspecified atom stereocenters. The van der Waals surface area contributed by atoms with Gasteiger partial charge in [0, 0.05) is 11.2 Å². The lowest BCUT2D eigenvalue weighted by Gasteiger charge is -2.12. The fraction of sp³-hybridized carbons (Fsp3) is 0.167. The first-order chi connectivity index (χ1) is 12.1. The zero-order valence-electron chi connectivity index (χ0n) is 13.3. The topological polar surface area (TPSA) is 47.6 Å². The Balaban J connectivity index is 1.71. The average molecular weight is 363 g/mol. The van der Waals surface area contributed by atoms with Gasteiger partial charge in [-0.3, -0.25) is 4.79 Å². The summed E-state index contributed by atoms with van der Waals surface area (Å²) in [6.45, 7) is -2.76. The third-order valence-corrected chi connectivity index (χ3v) is 4.66. The van der Waals surface area contributed by atoms with Crippen LogP contribution in [0.15, 0.2) is 48.5 Å². The van der Waals surface area contributed by atoms with Gasteiger partial charge >= 0.3 is 6.61 Å². The first kappa shape index (κ1) is 17.2. The molecule has 1 heterocycles. The second-order valence-electron chi connectivity index (χ2n) is 5.19. The summed E-state index contributed by atoms with van der Waals surface area (Å²) in [7, 11) is 1.37. The first-order valence-corrected chi connectivity index (χ1v) is 8.27. The van der Waals surface area contributed by atoms with E-state index >= 15 is 0 Å². The third-order valence-electron chi connectivity index (χ3n) is 3.55. The van der Waals surface area contributed by atoms with E-state index in [2.05, 4.69) is 10.1 Å². The number of halogens is 2. The predicted octanol–water partition coefficient (Wildman–Crippen LogP) is 4.44. The lowest BCUT2D eigenvalue weighted by Crippen LogP contribution is -2.21. The van der Waals surface area contributed by atoms with Gasteiger partial charge in [-0.2, -0.15) is 8.78 Å². The number of thiophene rings is 1. The molecule has 7 heteroatoms. The highest BCUT2D eigenvalue weighted by atomic mass is 32.1. The normalized spacial score (nSPS) is 10.9. The zero-order valence-corrected chi connectivity index (χ0v) is 14.1. The Hall–Kier alpha value is -2.67. The summed E-state index contributed by atoms with van der Waals surface area (Å²) in [4.78, 5) is 12.9. The van der Waals surface area contributed by atoms with E-state index < -0.39 is 6.61 Å². The Morgan fingerprint density at radius 1 is 1.16 bits per heavy atom. The van der Waals surface area contributed by atoms with Crippen molar-refractivity contribution in [2.45, 2.75) is 13.2 Å². The zero-order chi connectivity index (χ0) is 17.8. The maximum absolute atomic E-state index is 12.5. The lowest BCUT2D eigenvalue weighted by molar-refractivity contribution is -0.0512. The second-order valence-corrected chi connectivity index (χ2v) is 6.28. The molecule has 0 bridgehead atoms. The molecule has 0 saturated heterocycles. The Bertz CT molecular complexity index is 862. The molecule has 0 spiro atoms. The summed E-state index contributed by atoms with van der Waals surface area (Å²) in [6.07, 6.45) is 0. The highest BCUT2D eigenvalue weighted by Gasteiger charge is 2.13. The number of ether oxygens (including phenoxy) is 2. The van der Waals surface area contributed by atoms with E-state index in [0.717, 1.165) is 10.1 Å². The van der Waals surface area contributed by atoms with Crippen molar-refractivity contribution in [3.8, 4) is 11.5 Å². The molecule has 4 nitrogen and oxygen atoms in total. The summed E-state index contributed by atoms with van der Waals surface area (Å²) in [6, 6.07) is 14.2. The van der Waals surface area contributed by atoms with Crippen molar-refractivity contribution in [2.75, 3.05) is 7.11 Å². The van der Waals surface area contributed by atoms with Crippen LogP contribution in [0.4, 0.5) is 8.78 Å². The molecule has 2 aromatic carbocycles. The molecule has 1 amide bonds. The SMILES string of the molecule is COc1ccc(CNC(=O)c2cc3ccccc3s2)cc1OC(F)F. The van der Waals surface area contributed by atoms with Crippen LogP contribution in [0.3, 0.4) is 0 Å². The minimum atomic E-state index is -2.95. The van der Waals surface area contributed by atoms with Crippen molar-refractivity contribution in [3.63, 3.8) is 0 Å². The molecule has 0 radical (unpaired) electrons. The Morgan fingerprint density at radius 2 is 1.96 bits per heavy atom. The van der Waals surface area contributed by atoms with Gasteiger partial charge < -0.3 is 14.8 Å². The number of hydrogen-bond donors (Lipinski definition) is 1. The highest BCUT2D eigenvalue weighted by Crippen LogP contribution is 2.29. The molecule has 130 valence electrons. The summed E-state index contributed by atoms with van der Waals surface area (Å²) in [5, 5.41) is 3.79. The van der Waals surface area contributed by atoms with Crippen molar-refractivity contribution < 1.29 is 23.0 Å². The molecule has 0 atom stereocenters. The standard InChI is InChI=1S/C18H15F2NO3S/c1-23-13-7-6-11(8-14(13)24-18(19)20)10-21-17(22)16-9-12-4-2-3-5-15(12)25-16/h2-9,18H,10H2,1H3,(H,21,22). The molecule has 1 N–H and O–H groups in total. The van der Waals surface area contributed by atoms with E-state index in [4.69, 9.17) is 4.74 Å². The van der Waals surface area contributed by atoms with Gasteiger partial charge in [0.15, 0.2) is 11.5 Å². The monoisotopic (exact) mass is 363 g/mol. The van der Waals surface area contributed by atoms with E-state index in [1.165, 1.54) is 30.6 Å². The summed E-state index contributed by atoms with van der Waals surface area (Å²) < 4.78 is 35.4. The maximum atomic E-state index is 12.5. The summed E-state index contributed by atoms with van der Waals surface area (Å²) in [5.41, 5.74) is 0.630. The first-order valence-electron chi connectivity index (χ1n) is 7.45. The molecule has 3 rings (SSSR count). The van der Waals surface area contributed by atoms with Crippen LogP contribution in [0, 0.1) is 0 Å². The van der Waals surface area contributed by atoms with Gasteiger partial charge in [-0.1, -0.05) is 24.3 Å². The molecule has 0 aliphatic heterocycles. The quantitative estimate of drug-likeness (QED) is 0.704. The Labute approximate surface area is 147 Å². The molecular formula is C18H15F2NO3S. The molecule has 0 aliphatic carbocycles. The van der Waals surface area contributed by atoms with Crippen LogP contribution < -0.4 is 14.8 Å². The summed E-state index contributed by atoms with van der Waals surface area (Å²) in [5.74, 6) is -0.0701. The van der Waals surface area contributed by atoms with E-state index in [1.54, 1.807) is 6.07 Å². The Morgan fingerprint density at radius 3 is 2.68 bits per heavy atom. The molecule has 3 aromatic rings. The number of carbonyl (C=O) groups excluding carboxylic acids is 1. The van der Waals surface area contributed by atoms with Gasteiger partial charge in [0.25, 0.3) is 5.91 Å². The average Bonchev–Trinajstić information content (AvgIpc) is 3.03. The number of benzene rings is 2. The highest BCUT2D eigenvalue weighted by molar-refractivity contribution is 7.20. The van der Waals surface area contributed by atoms with Gasteiger partial charge in [0.2, 0.25) is 0 Å². The van der Waals surface area contributed by atoms with E-state index in [-0.39, 0.29) is 24.0 Å². The minimum Gasteiger partial charge on any atom is -0.493 e. The van der Waals surface area contributed by atoms with Gasteiger partial charge in [-0.15, -0.1) is 11.3 Å². The molecule has 0 aliphatic rings. The molecule has 25 heavy (non-hydrogen) atoms. The molecule has 0 saturated carbocycles. The van der Waals surface area contributed by atoms with Crippen LogP contribution in [-0.2, 0) is 6.54 Å². The number of methoxy groups -OCH3 is 1. The lowest BCUT2D eigenvalue weighted by atomic mass is 10.2. The largest absolute Gasteiger partial charge is 0.493 e. The number of rotatable bonds is 6. The van der Waals surface area contributed by atoms with E-state index in [1.807, 2.05) is 30.3 Å². The van der Waals surface area contributed by atoms with Crippen LogP contribution >= 0.6 is 11.3 Å². The van der Waals surface area contributed by atoms with E-state index in [0.29, 0.717) is 10.4 Å². The second kappa shape index (κ2) is 7.48. The molecular weight excluding hydrogens is 348 g/mol. The number of fused-ring (bicyclic) bond motifs is 1. The Kier molecular flexibility index (Phi) is 5.14. The van der Waals surface area contributed by atoms with Gasteiger partial charge in [-0.05, 0) is 35.2 Å². The number of alkyl halides is 2. The van der Waals surface area contributed by atoms with Crippen molar-refractivity contribution >= 4 is 27.3 Å². The minimum absolute atomic E-state index is 0.0638. The van der Waals surface area contributed by atoms with Crippen LogP contribution in [0.25, 0.3) is 10.1 Å². The number of amides is 1. The van der Waals surface area contributed by atoms with Gasteiger partial charge in [-0.25, -0.2) is 0 Å². The van der Waals surface area contributed by atoms with Gasteiger partial charge in [0.1, 0.15) is 0 Å². The van der Waals surface area contributed by atoms with Gasteiger partial charge in [0.05, 0.1) is 12.0 Å². The number of carbonyl (C=O) groups is 1. The van der Waals surface area contributed by atoms with Crippen LogP contribution in [0.2, 0.25) is 0 Å². The fourth-order valence-corrected chi connectivity index (χ4v) is 3.36. The fourth-order valence-electron chi connectivity index (χ4n) is 2.38. The smallest absolute Gasteiger partial charge is 0.387 e. The van der Waals surface area contributed by atoms with Crippen molar-refractivity contribution in [2.24, 2.45) is 0 Å². The number of nitrogens with one attached hydrogen (secondary N) is 1. The van der Waals surface area contributed by atoms with Crippen LogP contribution in [-0.4, -0.2) is 19.6 Å².